The van der Waals surface area contributed by atoms with Gasteiger partial charge in [-0.05, 0) is 66.8 Å². The fourth-order valence-corrected chi connectivity index (χ4v) is 6.83. The van der Waals surface area contributed by atoms with E-state index in [1.54, 1.807) is 57.5 Å². The van der Waals surface area contributed by atoms with E-state index < -0.39 is 5.82 Å². The van der Waals surface area contributed by atoms with Gasteiger partial charge < -0.3 is 29.2 Å². The molecular weight excluding hydrogens is 653 g/mol. The molecule has 262 valence electrons. The number of rotatable bonds is 10. The van der Waals surface area contributed by atoms with Crippen LogP contribution in [-0.2, 0) is 11.3 Å². The summed E-state index contributed by atoms with van der Waals surface area (Å²) >= 11 is 0. The van der Waals surface area contributed by atoms with Gasteiger partial charge in [-0.3, -0.25) is 14.3 Å². The van der Waals surface area contributed by atoms with Crippen molar-refractivity contribution in [1.29, 1.82) is 0 Å². The Kier molecular flexibility index (Phi) is 8.80. The number of fused-ring (bicyclic) bond motifs is 1. The van der Waals surface area contributed by atoms with Gasteiger partial charge in [0, 0.05) is 80.8 Å². The van der Waals surface area contributed by atoms with Crippen molar-refractivity contribution in [2.45, 2.75) is 38.3 Å². The van der Waals surface area contributed by atoms with E-state index in [4.69, 9.17) is 9.47 Å². The lowest BCUT2D eigenvalue weighted by Crippen LogP contribution is -2.49. The van der Waals surface area contributed by atoms with Gasteiger partial charge in [0.25, 0.3) is 5.91 Å². The first kappa shape index (κ1) is 32.4. The van der Waals surface area contributed by atoms with Crippen LogP contribution in [0.25, 0.3) is 27.6 Å². The van der Waals surface area contributed by atoms with Gasteiger partial charge in [-0.2, -0.15) is 0 Å². The largest absolute Gasteiger partial charge is 0.487 e. The molecule has 1 saturated heterocycles. The van der Waals surface area contributed by atoms with Gasteiger partial charge >= 0.3 is 0 Å². The molecule has 1 N–H and O–H groups in total. The number of carbonyl (C=O) groups excluding carboxylic acids is 2. The Bertz CT molecular complexity index is 2100. The van der Waals surface area contributed by atoms with Gasteiger partial charge in [-0.25, -0.2) is 14.4 Å². The molecule has 51 heavy (non-hydrogen) atoms. The van der Waals surface area contributed by atoms with Crippen LogP contribution >= 0.6 is 0 Å². The minimum absolute atomic E-state index is 0.0469. The highest BCUT2D eigenvalue weighted by atomic mass is 19.1. The predicted molar refractivity (Wildman–Crippen MR) is 188 cm³/mol. The number of ether oxygens (including phenoxy) is 2. The lowest BCUT2D eigenvalue weighted by atomic mass is 9.93. The Hall–Kier alpha value is -5.79. The molecule has 2 aliphatic heterocycles. The van der Waals surface area contributed by atoms with E-state index in [1.165, 1.54) is 7.11 Å². The van der Waals surface area contributed by atoms with Crippen molar-refractivity contribution in [3.63, 3.8) is 0 Å². The summed E-state index contributed by atoms with van der Waals surface area (Å²) in [6, 6.07) is 11.0. The molecule has 0 atom stereocenters. The number of hydrogen-bond acceptors (Lipinski definition) is 9. The number of aryl methyl sites for hydroxylation is 1. The number of aromatic amines is 1. The van der Waals surface area contributed by atoms with E-state index in [2.05, 4.69) is 30.2 Å². The third kappa shape index (κ3) is 6.60. The van der Waals surface area contributed by atoms with E-state index in [9.17, 15) is 9.59 Å². The van der Waals surface area contributed by atoms with Crippen LogP contribution in [0.2, 0.25) is 0 Å². The Morgan fingerprint density at radius 3 is 2.57 bits per heavy atom. The maximum atomic E-state index is 16.7. The first-order valence-electron chi connectivity index (χ1n) is 17.3. The molecule has 3 aliphatic rings. The van der Waals surface area contributed by atoms with Crippen LogP contribution < -0.4 is 14.4 Å². The van der Waals surface area contributed by atoms with Crippen molar-refractivity contribution in [3.8, 4) is 22.8 Å². The number of halogens is 1. The van der Waals surface area contributed by atoms with E-state index in [0.717, 1.165) is 24.4 Å². The Balaban J connectivity index is 1.07. The number of methoxy groups -OCH3 is 1. The summed E-state index contributed by atoms with van der Waals surface area (Å²) in [6.07, 6.45) is 11.9. The number of nitrogens with one attached hydrogen (secondary N) is 1. The maximum Gasteiger partial charge on any atom is 0.270 e. The van der Waals surface area contributed by atoms with Crippen molar-refractivity contribution in [2.24, 2.45) is 0 Å². The SMILES string of the molecule is COc1ncccc1-c1cc(C2=CCCN(C(=O)CCn3ccnn3)C2)c(F)c2[nH]c(C(=O)N3CCN(c4ncccc4OC4CC4)CC3)cc12. The van der Waals surface area contributed by atoms with Crippen LogP contribution in [0.4, 0.5) is 10.2 Å². The smallest absolute Gasteiger partial charge is 0.270 e. The minimum atomic E-state index is -0.484. The van der Waals surface area contributed by atoms with Gasteiger partial charge in [0.05, 0.1) is 31.5 Å². The summed E-state index contributed by atoms with van der Waals surface area (Å²) in [5.41, 5.74) is 2.87. The average Bonchev–Trinajstić information content (AvgIpc) is 3.62. The Morgan fingerprint density at radius 1 is 0.961 bits per heavy atom. The molecule has 0 bridgehead atoms. The topological polar surface area (TPSA) is 135 Å². The molecule has 5 aromatic rings. The Morgan fingerprint density at radius 2 is 1.78 bits per heavy atom. The van der Waals surface area contributed by atoms with Crippen LogP contribution in [0.1, 0.15) is 41.7 Å². The first-order valence-corrected chi connectivity index (χ1v) is 17.3. The van der Waals surface area contributed by atoms with E-state index in [0.29, 0.717) is 79.2 Å². The second-order valence-corrected chi connectivity index (χ2v) is 13.0. The molecule has 0 unspecified atom stereocenters. The number of anilines is 1. The number of pyridine rings is 2. The minimum Gasteiger partial charge on any atom is -0.487 e. The Labute approximate surface area is 293 Å². The standard InChI is InChI=1S/C37H38FN9O4/c1-50-36-26(6-2-12-40-36)28-21-27(24-5-4-14-46(23-24)32(48)10-15-47-16-13-41-43-47)33(38)34-29(28)22-30(42-34)37(49)45-19-17-44(18-20-45)35-31(7-3-11-39-35)51-25-8-9-25/h2-3,5-7,11-13,16,21-22,25,42H,4,8-10,14-15,17-20,23H2,1H3. The molecular formula is C37H38FN9O4. The summed E-state index contributed by atoms with van der Waals surface area (Å²) in [7, 11) is 1.54. The molecule has 6 heterocycles. The van der Waals surface area contributed by atoms with Crippen molar-refractivity contribution < 1.29 is 23.5 Å². The molecule has 0 spiro atoms. The highest BCUT2D eigenvalue weighted by Crippen LogP contribution is 2.40. The van der Waals surface area contributed by atoms with Crippen LogP contribution in [-0.4, -0.2) is 104 Å². The zero-order chi connectivity index (χ0) is 34.9. The summed E-state index contributed by atoms with van der Waals surface area (Å²) in [5, 5.41) is 8.28. The predicted octanol–water partition coefficient (Wildman–Crippen LogP) is 4.57. The fraction of sp³-hybridized carbons (Fsp3) is 0.351. The number of H-pyrrole nitrogens is 1. The first-order chi connectivity index (χ1) is 25.0. The monoisotopic (exact) mass is 691 g/mol. The molecule has 2 fully saturated rings. The van der Waals surface area contributed by atoms with E-state index >= 15 is 4.39 Å². The van der Waals surface area contributed by atoms with Crippen molar-refractivity contribution in [2.75, 3.05) is 51.3 Å². The van der Waals surface area contributed by atoms with Crippen LogP contribution in [0.3, 0.4) is 0 Å². The third-order valence-corrected chi connectivity index (χ3v) is 9.65. The summed E-state index contributed by atoms with van der Waals surface area (Å²) in [5.74, 6) is 1.19. The zero-order valence-electron chi connectivity index (χ0n) is 28.3. The average molecular weight is 692 g/mol. The number of nitrogens with zero attached hydrogens (tertiary/aromatic N) is 8. The lowest BCUT2D eigenvalue weighted by molar-refractivity contribution is -0.131. The normalized spacial score (nSPS) is 16.4. The van der Waals surface area contributed by atoms with Gasteiger partial charge in [-0.1, -0.05) is 11.3 Å². The molecule has 8 rings (SSSR count). The number of aromatic nitrogens is 6. The van der Waals surface area contributed by atoms with Crippen LogP contribution in [0, 0.1) is 5.82 Å². The fourth-order valence-electron chi connectivity index (χ4n) is 6.83. The van der Waals surface area contributed by atoms with Gasteiger partial charge in [0.1, 0.15) is 5.69 Å². The summed E-state index contributed by atoms with van der Waals surface area (Å²) in [4.78, 5) is 45.0. The number of carbonyl (C=O) groups is 2. The van der Waals surface area contributed by atoms with Crippen molar-refractivity contribution >= 4 is 34.1 Å². The summed E-state index contributed by atoms with van der Waals surface area (Å²) < 4.78 is 30.0. The molecule has 2 amide bonds. The third-order valence-electron chi connectivity index (χ3n) is 9.65. The van der Waals surface area contributed by atoms with Crippen molar-refractivity contribution in [1.82, 2.24) is 39.7 Å². The molecule has 0 radical (unpaired) electrons. The number of amides is 2. The zero-order valence-corrected chi connectivity index (χ0v) is 28.3. The van der Waals surface area contributed by atoms with Gasteiger partial charge in [0.2, 0.25) is 11.8 Å². The maximum absolute atomic E-state index is 16.7. The quantitative estimate of drug-likeness (QED) is 0.224. The molecule has 1 aliphatic carbocycles. The van der Waals surface area contributed by atoms with Crippen LogP contribution in [0.15, 0.2) is 67.3 Å². The molecule has 1 saturated carbocycles. The van der Waals surface area contributed by atoms with E-state index in [-0.39, 0.29) is 42.1 Å². The molecule has 1 aromatic carbocycles. The highest BCUT2D eigenvalue weighted by Gasteiger charge is 2.30. The number of hydrogen-bond donors (Lipinski definition) is 1. The second-order valence-electron chi connectivity index (χ2n) is 13.0. The molecule has 13 nitrogen and oxygen atoms in total. The lowest BCUT2D eigenvalue weighted by Gasteiger charge is -2.35. The van der Waals surface area contributed by atoms with Gasteiger partial charge in [0.15, 0.2) is 17.4 Å². The number of piperazine rings is 1. The van der Waals surface area contributed by atoms with Gasteiger partial charge in [-0.15, -0.1) is 5.10 Å². The van der Waals surface area contributed by atoms with Crippen LogP contribution in [0.5, 0.6) is 11.6 Å². The summed E-state index contributed by atoms with van der Waals surface area (Å²) in [6.45, 7) is 3.31. The second kappa shape index (κ2) is 13.8. The van der Waals surface area contributed by atoms with Crippen molar-refractivity contribution in [3.05, 3.63) is 84.3 Å². The van der Waals surface area contributed by atoms with E-state index in [1.807, 2.05) is 24.3 Å². The molecule has 4 aromatic heterocycles. The highest BCUT2D eigenvalue weighted by molar-refractivity contribution is 6.05. The number of benzene rings is 1. The molecule has 14 heteroatoms.